The van der Waals surface area contributed by atoms with Gasteiger partial charge in [0.1, 0.15) is 42.4 Å². The van der Waals surface area contributed by atoms with Gasteiger partial charge in [-0.05, 0) is 29.3 Å². The average molecular weight is 413 g/mol. The second-order valence-corrected chi connectivity index (χ2v) is 7.05. The fourth-order valence-electron chi connectivity index (χ4n) is 3.60. The lowest BCUT2D eigenvalue weighted by molar-refractivity contribution is -0.228. The highest BCUT2D eigenvalue weighted by Gasteiger charge is 2.43. The highest BCUT2D eigenvalue weighted by molar-refractivity contribution is 5.81. The summed E-state index contributed by atoms with van der Waals surface area (Å²) in [5.41, 5.74) is 7.26. The number of aliphatic hydroxyl groups excluding tert-OH is 4. The Morgan fingerprint density at radius 1 is 0.967 bits per heavy atom. The second-order valence-electron chi connectivity index (χ2n) is 7.05. The number of benzene rings is 2. The monoisotopic (exact) mass is 413 g/mol. The smallest absolute Gasteiger partial charge is 0.123 e. The maximum absolute atomic E-state index is 13.3. The molecule has 0 saturated carbocycles. The highest BCUT2D eigenvalue weighted by Crippen LogP contribution is 2.34. The summed E-state index contributed by atoms with van der Waals surface area (Å²) in [5.74, 6) is -0.458. The van der Waals surface area contributed by atoms with Gasteiger partial charge in [-0.15, -0.1) is 0 Å². The fourth-order valence-corrected chi connectivity index (χ4v) is 3.60. The van der Waals surface area contributed by atoms with Crippen molar-refractivity contribution >= 4 is 5.69 Å². The van der Waals surface area contributed by atoms with Crippen LogP contribution in [0.1, 0.15) is 16.7 Å². The van der Waals surface area contributed by atoms with E-state index in [1.165, 1.54) is 30.3 Å². The van der Waals surface area contributed by atoms with Crippen LogP contribution in [0.2, 0.25) is 0 Å². The molecule has 1 aliphatic rings. The zero-order valence-corrected chi connectivity index (χ0v) is 15.7. The van der Waals surface area contributed by atoms with Gasteiger partial charge in [0.05, 0.1) is 29.5 Å². The third-order valence-corrected chi connectivity index (χ3v) is 5.24. The average Bonchev–Trinajstić information content (AvgIpc) is 2.74. The minimum absolute atomic E-state index is 0.00868. The maximum atomic E-state index is 13.3. The van der Waals surface area contributed by atoms with Crippen LogP contribution in [0.3, 0.4) is 0 Å². The Kier molecular flexibility index (Phi) is 6.32. The molecule has 0 aromatic heterocycles. The molecule has 0 unspecified atom stereocenters. The topological polar surface area (TPSA) is 164 Å². The van der Waals surface area contributed by atoms with Crippen molar-refractivity contribution in [2.45, 2.75) is 36.9 Å². The van der Waals surface area contributed by atoms with E-state index in [-0.39, 0.29) is 23.2 Å². The van der Waals surface area contributed by atoms with Crippen LogP contribution >= 0.6 is 0 Å². The normalized spacial score (nSPS) is 26.0. The molecular weight excluding hydrogens is 393 g/mol. The van der Waals surface area contributed by atoms with E-state index in [0.717, 1.165) is 0 Å². The Balaban J connectivity index is 2.07. The van der Waals surface area contributed by atoms with Gasteiger partial charge < -0.3 is 30.9 Å². The van der Waals surface area contributed by atoms with Crippen molar-refractivity contribution in [2.75, 3.05) is 12.3 Å². The molecule has 6 N–H and O–H groups in total. The molecule has 3 rings (SSSR count). The van der Waals surface area contributed by atoms with Crippen LogP contribution in [-0.4, -0.2) is 57.6 Å². The first-order valence-electron chi connectivity index (χ1n) is 9.14. The molecule has 0 bridgehead atoms. The molecule has 0 aliphatic carbocycles. The van der Waals surface area contributed by atoms with Gasteiger partial charge in [-0.2, -0.15) is 10.5 Å². The molecule has 1 heterocycles. The van der Waals surface area contributed by atoms with Crippen molar-refractivity contribution in [1.29, 1.82) is 10.5 Å². The lowest BCUT2D eigenvalue weighted by Gasteiger charge is -2.40. The zero-order chi connectivity index (χ0) is 22.0. The van der Waals surface area contributed by atoms with E-state index in [9.17, 15) is 35.3 Å². The first-order valence-corrected chi connectivity index (χ1v) is 9.14. The summed E-state index contributed by atoms with van der Waals surface area (Å²) < 4.78 is 18.8. The SMILES string of the molecule is N#Cc1c(C[C@@H]2O[C@H](CO)[C@@H](O)[C@H](O)[C@H]2O)cc(-c2ccc(F)cc2)c(C#N)c1N. The summed E-state index contributed by atoms with van der Waals surface area (Å²) in [6.07, 6.45) is -6.78. The van der Waals surface area contributed by atoms with E-state index in [0.29, 0.717) is 16.7 Å². The Morgan fingerprint density at radius 2 is 1.57 bits per heavy atom. The van der Waals surface area contributed by atoms with Gasteiger partial charge >= 0.3 is 0 Å². The number of aliphatic hydroxyl groups is 4. The number of nitrogen functional groups attached to an aromatic ring is 1. The van der Waals surface area contributed by atoms with E-state index in [2.05, 4.69) is 0 Å². The number of nitrogens with zero attached hydrogens (tertiary/aromatic N) is 2. The van der Waals surface area contributed by atoms with Gasteiger partial charge in [-0.1, -0.05) is 12.1 Å². The Labute approximate surface area is 171 Å². The molecule has 8 nitrogen and oxygen atoms in total. The molecule has 2 aromatic rings. The predicted octanol–water partition coefficient (Wildman–Crippen LogP) is 0.203. The van der Waals surface area contributed by atoms with Crippen LogP contribution in [0.4, 0.5) is 10.1 Å². The van der Waals surface area contributed by atoms with Crippen molar-refractivity contribution < 1.29 is 29.6 Å². The first-order chi connectivity index (χ1) is 14.3. The maximum Gasteiger partial charge on any atom is 0.123 e. The summed E-state index contributed by atoms with van der Waals surface area (Å²) in [7, 11) is 0. The van der Waals surface area contributed by atoms with Gasteiger partial charge in [0.25, 0.3) is 0 Å². The third-order valence-electron chi connectivity index (χ3n) is 5.24. The summed E-state index contributed by atoms with van der Waals surface area (Å²) in [6, 6.07) is 10.8. The number of nitrogens with two attached hydrogens (primary N) is 1. The van der Waals surface area contributed by atoms with Crippen molar-refractivity contribution in [3.8, 4) is 23.3 Å². The van der Waals surface area contributed by atoms with Crippen molar-refractivity contribution in [3.05, 3.63) is 52.8 Å². The van der Waals surface area contributed by atoms with Crippen LogP contribution < -0.4 is 5.73 Å². The number of ether oxygens (including phenoxy) is 1. The quantitative estimate of drug-likeness (QED) is 0.444. The molecule has 2 aromatic carbocycles. The molecule has 5 atom stereocenters. The Bertz CT molecular complexity index is 1010. The van der Waals surface area contributed by atoms with E-state index < -0.39 is 42.9 Å². The largest absolute Gasteiger partial charge is 0.397 e. The van der Waals surface area contributed by atoms with Crippen molar-refractivity contribution in [1.82, 2.24) is 0 Å². The van der Waals surface area contributed by atoms with Gasteiger partial charge in [0.15, 0.2) is 0 Å². The van der Waals surface area contributed by atoms with Crippen LogP contribution in [0.15, 0.2) is 30.3 Å². The minimum atomic E-state index is -1.56. The highest BCUT2D eigenvalue weighted by atomic mass is 19.1. The standard InChI is InChI=1S/C21H20FN3O5/c22-12-3-1-10(2-4-12)13-5-11(14(7-23)18(25)15(13)8-24)6-16-19(27)21(29)20(28)17(9-26)30-16/h1-5,16-17,19-21,26-29H,6,9,25H2/t16-,17+,19-,20+,21+/m0/s1. The van der Waals surface area contributed by atoms with E-state index >= 15 is 0 Å². The lowest BCUT2D eigenvalue weighted by atomic mass is 9.87. The number of halogens is 1. The number of rotatable bonds is 4. The summed E-state index contributed by atoms with van der Waals surface area (Å²) >= 11 is 0. The van der Waals surface area contributed by atoms with Crippen molar-refractivity contribution in [2.24, 2.45) is 0 Å². The molecule has 156 valence electrons. The molecule has 30 heavy (non-hydrogen) atoms. The van der Waals surface area contributed by atoms with E-state index in [4.69, 9.17) is 10.5 Å². The molecule has 1 aliphatic heterocycles. The molecule has 9 heteroatoms. The first kappa shape index (κ1) is 21.7. The Hall–Kier alpha value is -3.05. The zero-order valence-electron chi connectivity index (χ0n) is 15.7. The molecule has 1 saturated heterocycles. The summed E-state index contributed by atoms with van der Waals surface area (Å²) in [4.78, 5) is 0. The summed E-state index contributed by atoms with van der Waals surface area (Å²) in [6.45, 7) is -0.580. The summed E-state index contributed by atoms with van der Waals surface area (Å²) in [5, 5.41) is 58.8. The third kappa shape index (κ3) is 3.85. The molecule has 1 fully saturated rings. The number of hydrogen-bond donors (Lipinski definition) is 5. The van der Waals surface area contributed by atoms with Crippen LogP contribution in [0.5, 0.6) is 0 Å². The number of nitriles is 2. The molecule has 0 amide bonds. The minimum Gasteiger partial charge on any atom is -0.397 e. The van der Waals surface area contributed by atoms with E-state index in [1.807, 2.05) is 12.1 Å². The van der Waals surface area contributed by atoms with Crippen molar-refractivity contribution in [3.63, 3.8) is 0 Å². The lowest BCUT2D eigenvalue weighted by Crippen LogP contribution is -2.59. The van der Waals surface area contributed by atoms with Crippen LogP contribution in [-0.2, 0) is 11.2 Å². The molecule has 0 radical (unpaired) electrons. The number of anilines is 1. The van der Waals surface area contributed by atoms with E-state index in [1.54, 1.807) is 0 Å². The van der Waals surface area contributed by atoms with Crippen LogP contribution in [0, 0.1) is 28.5 Å². The fraction of sp³-hybridized carbons (Fsp3) is 0.333. The van der Waals surface area contributed by atoms with Gasteiger partial charge in [0, 0.05) is 12.0 Å². The van der Waals surface area contributed by atoms with Gasteiger partial charge in [0.2, 0.25) is 0 Å². The molecular formula is C21H20FN3O5. The molecule has 0 spiro atoms. The second kappa shape index (κ2) is 8.76. The Morgan fingerprint density at radius 3 is 2.13 bits per heavy atom. The van der Waals surface area contributed by atoms with Crippen LogP contribution in [0.25, 0.3) is 11.1 Å². The van der Waals surface area contributed by atoms with Gasteiger partial charge in [-0.25, -0.2) is 4.39 Å². The van der Waals surface area contributed by atoms with Gasteiger partial charge in [-0.3, -0.25) is 0 Å². The predicted molar refractivity (Wildman–Crippen MR) is 103 cm³/mol. The number of hydrogen-bond acceptors (Lipinski definition) is 8.